The fourth-order valence-corrected chi connectivity index (χ4v) is 1.88. The third-order valence-electron chi connectivity index (χ3n) is 1.45. The molecule has 1 N–H and O–H groups in total. The summed E-state index contributed by atoms with van der Waals surface area (Å²) in [5.74, 6) is 0.613. The average molecular weight is 161 g/mol. The van der Waals surface area contributed by atoms with E-state index in [0.717, 1.165) is 0 Å². The van der Waals surface area contributed by atoms with Gasteiger partial charge in [-0.3, -0.25) is 4.90 Å². The number of hydrogen-bond donors (Lipinski definition) is 1. The molecular formula is C6H11NO2S. The lowest BCUT2D eigenvalue weighted by atomic mass is 10.2. The number of amides is 1. The van der Waals surface area contributed by atoms with Crippen LogP contribution in [0.25, 0.3) is 0 Å². The molecule has 0 aromatic heterocycles. The van der Waals surface area contributed by atoms with Crippen molar-refractivity contribution in [1.82, 2.24) is 4.90 Å². The summed E-state index contributed by atoms with van der Waals surface area (Å²) >= 11 is 1.68. The Morgan fingerprint density at radius 3 is 2.50 bits per heavy atom. The molecule has 1 fully saturated rings. The van der Waals surface area contributed by atoms with Gasteiger partial charge in [0.1, 0.15) is 0 Å². The van der Waals surface area contributed by atoms with Crippen LogP contribution in [0.4, 0.5) is 4.79 Å². The van der Waals surface area contributed by atoms with Crippen LogP contribution in [0.3, 0.4) is 0 Å². The van der Waals surface area contributed by atoms with Crippen LogP contribution in [-0.2, 0) is 0 Å². The van der Waals surface area contributed by atoms with Gasteiger partial charge in [0.2, 0.25) is 0 Å². The SMILES string of the molecule is CC1(C)CN(C(=O)O)CS1. The first-order valence-electron chi connectivity index (χ1n) is 3.13. The highest BCUT2D eigenvalue weighted by Gasteiger charge is 2.32. The van der Waals surface area contributed by atoms with Crippen molar-refractivity contribution in [1.29, 1.82) is 0 Å². The van der Waals surface area contributed by atoms with E-state index in [9.17, 15) is 4.79 Å². The molecule has 0 atom stereocenters. The zero-order valence-corrected chi connectivity index (χ0v) is 6.94. The molecule has 1 heterocycles. The van der Waals surface area contributed by atoms with Crippen molar-refractivity contribution in [2.75, 3.05) is 12.4 Å². The van der Waals surface area contributed by atoms with Crippen LogP contribution in [0.1, 0.15) is 13.8 Å². The summed E-state index contributed by atoms with van der Waals surface area (Å²) in [7, 11) is 0. The Labute approximate surface area is 64.4 Å². The summed E-state index contributed by atoms with van der Waals surface area (Å²) in [6, 6.07) is 0. The van der Waals surface area contributed by atoms with E-state index in [1.807, 2.05) is 0 Å². The quantitative estimate of drug-likeness (QED) is 0.584. The third-order valence-corrected chi connectivity index (χ3v) is 2.80. The molecule has 1 aliphatic rings. The molecule has 1 aliphatic heterocycles. The molecule has 1 rings (SSSR count). The van der Waals surface area contributed by atoms with Gasteiger partial charge in [0.05, 0.1) is 5.88 Å². The Balaban J connectivity index is 2.51. The van der Waals surface area contributed by atoms with Crippen LogP contribution in [0.5, 0.6) is 0 Å². The standard InChI is InChI=1S/C6H11NO2S/c1-6(2)3-7(4-10-6)5(8)9/h3-4H2,1-2H3,(H,8,9). The van der Waals surface area contributed by atoms with Gasteiger partial charge in [0.15, 0.2) is 0 Å². The minimum absolute atomic E-state index is 0.110. The van der Waals surface area contributed by atoms with E-state index >= 15 is 0 Å². The van der Waals surface area contributed by atoms with E-state index in [-0.39, 0.29) is 4.75 Å². The number of carboxylic acid groups (broad SMARTS) is 1. The number of nitrogens with zero attached hydrogens (tertiary/aromatic N) is 1. The highest BCUT2D eigenvalue weighted by Crippen LogP contribution is 2.32. The van der Waals surface area contributed by atoms with Gasteiger partial charge in [0, 0.05) is 11.3 Å². The number of carbonyl (C=O) groups is 1. The van der Waals surface area contributed by atoms with Gasteiger partial charge in [0.25, 0.3) is 0 Å². The topological polar surface area (TPSA) is 40.5 Å². The fraction of sp³-hybridized carbons (Fsp3) is 0.833. The first kappa shape index (κ1) is 7.72. The smallest absolute Gasteiger partial charge is 0.408 e. The molecule has 0 bridgehead atoms. The van der Waals surface area contributed by atoms with Gasteiger partial charge < -0.3 is 5.11 Å². The van der Waals surface area contributed by atoms with E-state index in [0.29, 0.717) is 12.4 Å². The maximum atomic E-state index is 10.4. The summed E-state index contributed by atoms with van der Waals surface area (Å²) in [6.45, 7) is 4.76. The Kier molecular flexibility index (Phi) is 1.81. The number of thioether (sulfide) groups is 1. The third kappa shape index (κ3) is 1.56. The maximum Gasteiger partial charge on any atom is 0.408 e. The monoisotopic (exact) mass is 161 g/mol. The van der Waals surface area contributed by atoms with E-state index in [1.54, 1.807) is 11.8 Å². The molecule has 1 saturated heterocycles. The van der Waals surface area contributed by atoms with E-state index < -0.39 is 6.09 Å². The van der Waals surface area contributed by atoms with Crippen LogP contribution in [0.15, 0.2) is 0 Å². The van der Waals surface area contributed by atoms with Gasteiger partial charge in [-0.05, 0) is 13.8 Å². The second-order valence-electron chi connectivity index (χ2n) is 3.01. The summed E-state index contributed by atoms with van der Waals surface area (Å²) in [6.07, 6.45) is -0.807. The largest absolute Gasteiger partial charge is 0.465 e. The van der Waals surface area contributed by atoms with Crippen molar-refractivity contribution in [3.8, 4) is 0 Å². The maximum absolute atomic E-state index is 10.4. The predicted octanol–water partition coefficient (Wildman–Crippen LogP) is 1.45. The van der Waals surface area contributed by atoms with Crippen LogP contribution in [0, 0.1) is 0 Å². The minimum Gasteiger partial charge on any atom is -0.465 e. The van der Waals surface area contributed by atoms with Gasteiger partial charge >= 0.3 is 6.09 Å². The van der Waals surface area contributed by atoms with Crippen LogP contribution < -0.4 is 0 Å². The second kappa shape index (κ2) is 2.34. The van der Waals surface area contributed by atoms with Gasteiger partial charge in [-0.2, -0.15) is 0 Å². The van der Waals surface area contributed by atoms with Crippen molar-refractivity contribution in [2.45, 2.75) is 18.6 Å². The van der Waals surface area contributed by atoms with Crippen molar-refractivity contribution in [3.05, 3.63) is 0 Å². The lowest BCUT2D eigenvalue weighted by molar-refractivity contribution is 0.154. The average Bonchev–Trinajstić information content (AvgIpc) is 2.10. The molecule has 1 amide bonds. The number of hydrogen-bond acceptors (Lipinski definition) is 2. The molecule has 0 radical (unpaired) electrons. The van der Waals surface area contributed by atoms with Crippen LogP contribution in [0.2, 0.25) is 0 Å². The van der Waals surface area contributed by atoms with Crippen LogP contribution in [-0.4, -0.2) is 33.3 Å². The van der Waals surface area contributed by atoms with E-state index in [1.165, 1.54) is 4.90 Å². The van der Waals surface area contributed by atoms with Crippen molar-refractivity contribution < 1.29 is 9.90 Å². The zero-order valence-electron chi connectivity index (χ0n) is 6.13. The first-order valence-corrected chi connectivity index (χ1v) is 4.12. The first-order chi connectivity index (χ1) is 4.51. The molecule has 0 saturated carbocycles. The predicted molar refractivity (Wildman–Crippen MR) is 41.3 cm³/mol. The highest BCUT2D eigenvalue weighted by atomic mass is 32.2. The summed E-state index contributed by atoms with van der Waals surface area (Å²) in [5.41, 5.74) is 0. The van der Waals surface area contributed by atoms with Gasteiger partial charge in [-0.25, -0.2) is 4.79 Å². The minimum atomic E-state index is -0.807. The molecule has 0 spiro atoms. The van der Waals surface area contributed by atoms with Gasteiger partial charge in [-0.1, -0.05) is 0 Å². The second-order valence-corrected chi connectivity index (χ2v) is 4.67. The molecule has 3 nitrogen and oxygen atoms in total. The zero-order chi connectivity index (χ0) is 7.78. The molecule has 0 aromatic carbocycles. The Morgan fingerprint density at radius 2 is 2.30 bits per heavy atom. The number of rotatable bonds is 0. The molecule has 10 heavy (non-hydrogen) atoms. The normalized spacial score (nSPS) is 23.2. The lowest BCUT2D eigenvalue weighted by Crippen LogP contribution is -2.30. The molecule has 0 aliphatic carbocycles. The van der Waals surface area contributed by atoms with E-state index in [4.69, 9.17) is 5.11 Å². The lowest BCUT2D eigenvalue weighted by Gasteiger charge is -2.15. The molecule has 58 valence electrons. The van der Waals surface area contributed by atoms with Gasteiger partial charge in [-0.15, -0.1) is 11.8 Å². The fourth-order valence-electron chi connectivity index (χ4n) is 0.926. The highest BCUT2D eigenvalue weighted by molar-refractivity contribution is 8.00. The van der Waals surface area contributed by atoms with Crippen molar-refractivity contribution >= 4 is 17.9 Å². The van der Waals surface area contributed by atoms with Crippen LogP contribution >= 0.6 is 11.8 Å². The Bertz CT molecular complexity index is 158. The van der Waals surface area contributed by atoms with Crippen molar-refractivity contribution in [3.63, 3.8) is 0 Å². The Morgan fingerprint density at radius 1 is 1.70 bits per heavy atom. The summed E-state index contributed by atoms with van der Waals surface area (Å²) in [5, 5.41) is 8.56. The van der Waals surface area contributed by atoms with Crippen molar-refractivity contribution in [2.24, 2.45) is 0 Å². The molecule has 0 unspecified atom stereocenters. The molecule has 0 aromatic rings. The Hall–Kier alpha value is -0.380. The molecular weight excluding hydrogens is 150 g/mol. The summed E-state index contributed by atoms with van der Waals surface area (Å²) < 4.78 is 0.110. The summed E-state index contributed by atoms with van der Waals surface area (Å²) in [4.78, 5) is 11.8. The van der Waals surface area contributed by atoms with E-state index in [2.05, 4.69) is 13.8 Å². The molecule has 4 heteroatoms.